The Balaban J connectivity index is 2.45. The third-order valence-corrected chi connectivity index (χ3v) is 3.02. The van der Waals surface area contributed by atoms with Gasteiger partial charge < -0.3 is 4.98 Å². The number of H-pyrrole nitrogens is 1. The van der Waals surface area contributed by atoms with Crippen LogP contribution in [0.4, 0.5) is 5.69 Å². The number of hydrogen-bond donors (Lipinski definition) is 1. The molecule has 16 heavy (non-hydrogen) atoms. The summed E-state index contributed by atoms with van der Waals surface area (Å²) in [4.78, 5) is 24.1. The van der Waals surface area contributed by atoms with Gasteiger partial charge in [0.1, 0.15) is 0 Å². The molecule has 0 aromatic carbocycles. The first kappa shape index (κ1) is 10.9. The van der Waals surface area contributed by atoms with E-state index in [4.69, 9.17) is 0 Å². The maximum absolute atomic E-state index is 11.4. The van der Waals surface area contributed by atoms with Crippen LogP contribution in [-0.2, 0) is 12.8 Å². The minimum Gasteiger partial charge on any atom is -0.320 e. The van der Waals surface area contributed by atoms with Crippen LogP contribution < -0.4 is 5.56 Å². The number of fused-ring (bicyclic) bond motifs is 1. The lowest BCUT2D eigenvalue weighted by atomic mass is 9.97. The molecule has 5 heteroatoms. The smallest absolute Gasteiger partial charge is 0.320 e. The fraction of sp³-hybridized carbons (Fsp3) is 0.545. The fourth-order valence-corrected chi connectivity index (χ4v) is 2.15. The highest BCUT2D eigenvalue weighted by Gasteiger charge is 2.17. The summed E-state index contributed by atoms with van der Waals surface area (Å²) in [5.74, 6) is 0. The van der Waals surface area contributed by atoms with Gasteiger partial charge in [-0.15, -0.1) is 0 Å². The molecule has 0 fully saturated rings. The molecule has 1 heterocycles. The molecule has 1 aliphatic carbocycles. The Morgan fingerprint density at radius 1 is 1.19 bits per heavy atom. The molecule has 0 bridgehead atoms. The van der Waals surface area contributed by atoms with Crippen LogP contribution in [0.3, 0.4) is 0 Å². The summed E-state index contributed by atoms with van der Waals surface area (Å²) >= 11 is 0. The molecule has 0 atom stereocenters. The molecular weight excluding hydrogens is 208 g/mol. The molecule has 0 unspecified atom stereocenters. The minimum atomic E-state index is -0.613. The zero-order valence-corrected chi connectivity index (χ0v) is 8.99. The number of aromatic amines is 1. The third-order valence-electron chi connectivity index (χ3n) is 3.02. The van der Waals surface area contributed by atoms with E-state index < -0.39 is 10.5 Å². The molecule has 0 saturated carbocycles. The molecule has 1 aromatic rings. The van der Waals surface area contributed by atoms with Crippen LogP contribution in [0.15, 0.2) is 10.9 Å². The van der Waals surface area contributed by atoms with Gasteiger partial charge in [-0.1, -0.05) is 12.8 Å². The van der Waals surface area contributed by atoms with Crippen molar-refractivity contribution in [3.63, 3.8) is 0 Å². The molecule has 0 radical (unpaired) electrons. The minimum absolute atomic E-state index is 0.334. The number of rotatable bonds is 1. The van der Waals surface area contributed by atoms with Crippen LogP contribution in [0.2, 0.25) is 0 Å². The van der Waals surface area contributed by atoms with Gasteiger partial charge in [-0.2, -0.15) is 0 Å². The number of nitrogens with zero attached hydrogens (tertiary/aromatic N) is 1. The van der Waals surface area contributed by atoms with E-state index in [0.29, 0.717) is 0 Å². The van der Waals surface area contributed by atoms with Gasteiger partial charge in [-0.3, -0.25) is 14.9 Å². The lowest BCUT2D eigenvalue weighted by Crippen LogP contribution is -2.16. The summed E-state index contributed by atoms with van der Waals surface area (Å²) in [6, 6.07) is 1.44. The van der Waals surface area contributed by atoms with Gasteiger partial charge in [0.15, 0.2) is 0 Å². The molecule has 1 aliphatic rings. The van der Waals surface area contributed by atoms with Gasteiger partial charge in [-0.05, 0) is 31.2 Å². The van der Waals surface area contributed by atoms with Crippen molar-refractivity contribution in [2.75, 3.05) is 0 Å². The number of pyridine rings is 1. The van der Waals surface area contributed by atoms with Gasteiger partial charge in [0.2, 0.25) is 0 Å². The summed E-state index contributed by atoms with van der Waals surface area (Å²) in [5, 5.41) is 10.6. The summed E-state index contributed by atoms with van der Waals surface area (Å²) in [5.41, 5.74) is 0.907. The summed E-state index contributed by atoms with van der Waals surface area (Å²) in [6.45, 7) is 0. The topological polar surface area (TPSA) is 76.0 Å². The SMILES string of the molecule is O=c1[nH]c2c(cc1[N+](=O)[O-])CCCCCC2. The van der Waals surface area contributed by atoms with Gasteiger partial charge in [0.05, 0.1) is 4.92 Å². The highest BCUT2D eigenvalue weighted by Crippen LogP contribution is 2.19. The van der Waals surface area contributed by atoms with Gasteiger partial charge in [-0.25, -0.2) is 0 Å². The van der Waals surface area contributed by atoms with Crippen molar-refractivity contribution >= 4 is 5.69 Å². The zero-order valence-electron chi connectivity index (χ0n) is 8.99. The van der Waals surface area contributed by atoms with E-state index in [1.165, 1.54) is 12.5 Å². The van der Waals surface area contributed by atoms with Crippen molar-refractivity contribution in [3.8, 4) is 0 Å². The first-order valence-corrected chi connectivity index (χ1v) is 5.58. The maximum Gasteiger partial charge on any atom is 0.334 e. The van der Waals surface area contributed by atoms with Gasteiger partial charge in [0.25, 0.3) is 0 Å². The Morgan fingerprint density at radius 2 is 1.88 bits per heavy atom. The largest absolute Gasteiger partial charge is 0.334 e. The van der Waals surface area contributed by atoms with E-state index >= 15 is 0 Å². The normalized spacial score (nSPS) is 16.0. The monoisotopic (exact) mass is 222 g/mol. The van der Waals surface area contributed by atoms with Crippen LogP contribution in [0.1, 0.15) is 36.9 Å². The van der Waals surface area contributed by atoms with Crippen molar-refractivity contribution in [3.05, 3.63) is 37.8 Å². The van der Waals surface area contributed by atoms with Crippen LogP contribution in [0, 0.1) is 10.1 Å². The second-order valence-electron chi connectivity index (χ2n) is 4.16. The lowest BCUT2D eigenvalue weighted by molar-refractivity contribution is -0.386. The van der Waals surface area contributed by atoms with Crippen LogP contribution in [0.5, 0.6) is 0 Å². The Labute approximate surface area is 92.6 Å². The average Bonchev–Trinajstić information content (AvgIpc) is 2.20. The van der Waals surface area contributed by atoms with E-state index in [0.717, 1.165) is 43.4 Å². The number of hydrogen-bond acceptors (Lipinski definition) is 3. The predicted octanol–water partition coefficient (Wildman–Crippen LogP) is 1.94. The maximum atomic E-state index is 11.4. The molecule has 5 nitrogen and oxygen atoms in total. The number of aryl methyl sites for hydroxylation is 2. The first-order valence-electron chi connectivity index (χ1n) is 5.58. The zero-order chi connectivity index (χ0) is 11.5. The lowest BCUT2D eigenvalue weighted by Gasteiger charge is -2.12. The van der Waals surface area contributed by atoms with Crippen LogP contribution in [-0.4, -0.2) is 9.91 Å². The van der Waals surface area contributed by atoms with E-state index in [1.54, 1.807) is 0 Å². The number of nitro groups is 1. The molecule has 0 amide bonds. The average molecular weight is 222 g/mol. The van der Waals surface area contributed by atoms with Crippen molar-refractivity contribution in [1.29, 1.82) is 0 Å². The quantitative estimate of drug-likeness (QED) is 0.582. The summed E-state index contributed by atoms with van der Waals surface area (Å²) in [7, 11) is 0. The van der Waals surface area contributed by atoms with Crippen molar-refractivity contribution in [1.82, 2.24) is 4.98 Å². The Hall–Kier alpha value is -1.65. The highest BCUT2D eigenvalue weighted by atomic mass is 16.6. The van der Waals surface area contributed by atoms with Crippen molar-refractivity contribution < 1.29 is 4.92 Å². The van der Waals surface area contributed by atoms with E-state index in [2.05, 4.69) is 4.98 Å². The van der Waals surface area contributed by atoms with Crippen molar-refractivity contribution in [2.24, 2.45) is 0 Å². The van der Waals surface area contributed by atoms with E-state index in [-0.39, 0.29) is 5.69 Å². The summed E-state index contributed by atoms with van der Waals surface area (Å²) in [6.07, 6.45) is 6.05. The second-order valence-corrected chi connectivity index (χ2v) is 4.16. The fourth-order valence-electron chi connectivity index (χ4n) is 2.15. The Kier molecular flexibility index (Phi) is 3.03. The first-order chi connectivity index (χ1) is 7.68. The van der Waals surface area contributed by atoms with E-state index in [9.17, 15) is 14.9 Å². The summed E-state index contributed by atoms with van der Waals surface area (Å²) < 4.78 is 0. The molecule has 0 aliphatic heterocycles. The molecule has 1 N–H and O–H groups in total. The molecule has 86 valence electrons. The van der Waals surface area contributed by atoms with Gasteiger partial charge >= 0.3 is 11.2 Å². The van der Waals surface area contributed by atoms with Gasteiger partial charge in [0, 0.05) is 11.8 Å². The Morgan fingerprint density at radius 3 is 2.56 bits per heavy atom. The van der Waals surface area contributed by atoms with Crippen molar-refractivity contribution in [2.45, 2.75) is 38.5 Å². The standard InChI is InChI=1S/C11H14N2O3/c14-11-10(13(15)16)7-8-5-3-1-2-4-6-9(8)12-11/h7H,1-6H2,(H,12,14). The molecule has 2 rings (SSSR count). The molecule has 1 aromatic heterocycles. The third kappa shape index (κ3) is 2.13. The molecule has 0 saturated heterocycles. The second kappa shape index (κ2) is 4.47. The number of nitrogens with one attached hydrogen (secondary N) is 1. The highest BCUT2D eigenvalue weighted by molar-refractivity contribution is 5.34. The molecular formula is C11H14N2O3. The van der Waals surface area contributed by atoms with Crippen LogP contribution in [0.25, 0.3) is 0 Å². The van der Waals surface area contributed by atoms with Crippen LogP contribution >= 0.6 is 0 Å². The number of aromatic nitrogens is 1. The molecule has 0 spiro atoms. The van der Waals surface area contributed by atoms with E-state index in [1.807, 2.05) is 0 Å². The Bertz CT molecular complexity index is 465. The predicted molar refractivity (Wildman–Crippen MR) is 59.6 cm³/mol.